The number of ether oxygens (including phenoxy) is 4. The van der Waals surface area contributed by atoms with Gasteiger partial charge in [-0.25, -0.2) is 9.78 Å². The third-order valence-corrected chi connectivity index (χ3v) is 6.93. The van der Waals surface area contributed by atoms with E-state index < -0.39 is 11.5 Å². The minimum Gasteiger partial charge on any atom is -0.497 e. The van der Waals surface area contributed by atoms with Crippen LogP contribution in [0.5, 0.6) is 17.2 Å². The Labute approximate surface area is 226 Å². The molecular weight excluding hydrogens is 498 g/mol. The van der Waals surface area contributed by atoms with Gasteiger partial charge in [-0.05, 0) is 43.9 Å². The van der Waals surface area contributed by atoms with Crippen molar-refractivity contribution in [1.29, 1.82) is 0 Å². The van der Waals surface area contributed by atoms with Gasteiger partial charge in [0.15, 0.2) is 5.56 Å². The van der Waals surface area contributed by atoms with Crippen molar-refractivity contribution < 1.29 is 23.7 Å². The molecule has 1 N–H and O–H groups in total. The van der Waals surface area contributed by atoms with Crippen molar-refractivity contribution in [2.45, 2.75) is 39.3 Å². The Bertz CT molecular complexity index is 1570. The molecule has 202 valence electrons. The number of carbonyl (C=O) groups excluding carboxylic acids is 1. The van der Waals surface area contributed by atoms with Gasteiger partial charge in [-0.3, -0.25) is 4.79 Å². The van der Waals surface area contributed by atoms with Crippen LogP contribution < -0.4 is 19.8 Å². The Hall–Kier alpha value is -4.53. The van der Waals surface area contributed by atoms with Gasteiger partial charge in [0, 0.05) is 22.9 Å². The van der Waals surface area contributed by atoms with Crippen molar-refractivity contribution in [3.8, 4) is 28.6 Å². The Balaban J connectivity index is 1.76. The molecule has 1 aliphatic rings. The van der Waals surface area contributed by atoms with Crippen LogP contribution in [0.2, 0.25) is 0 Å². The molecule has 0 amide bonds. The zero-order chi connectivity index (χ0) is 27.5. The molecule has 0 unspecified atom stereocenters. The highest BCUT2D eigenvalue weighted by Crippen LogP contribution is 2.38. The molecule has 0 saturated heterocycles. The number of nitrogens with zero attached hydrogens (tertiary/aromatic N) is 2. The lowest BCUT2D eigenvalue weighted by molar-refractivity contribution is 0.0592. The number of H-pyrrole nitrogens is 1. The number of imidazole rings is 1. The van der Waals surface area contributed by atoms with Crippen molar-refractivity contribution in [3.05, 3.63) is 92.7 Å². The van der Waals surface area contributed by atoms with Crippen LogP contribution in [-0.4, -0.2) is 41.8 Å². The molecule has 4 aromatic rings. The van der Waals surface area contributed by atoms with E-state index >= 15 is 0 Å². The third kappa shape index (κ3) is 4.99. The number of nitrogens with one attached hydrogen (secondary N) is 1. The predicted octanol–water partition coefficient (Wildman–Crippen LogP) is 4.47. The molecule has 2 aromatic carbocycles. The first-order chi connectivity index (χ1) is 18.9. The minimum atomic E-state index is -0.746. The number of aromatic amines is 1. The molecule has 2 aromatic heterocycles. The van der Waals surface area contributed by atoms with E-state index in [4.69, 9.17) is 23.9 Å². The van der Waals surface area contributed by atoms with Crippen molar-refractivity contribution in [2.24, 2.45) is 0 Å². The predicted molar refractivity (Wildman–Crippen MR) is 146 cm³/mol. The molecule has 5 rings (SSSR count). The third-order valence-electron chi connectivity index (χ3n) is 6.93. The van der Waals surface area contributed by atoms with E-state index in [1.807, 2.05) is 49.4 Å². The van der Waals surface area contributed by atoms with Crippen LogP contribution in [0, 0.1) is 6.92 Å². The van der Waals surface area contributed by atoms with Crippen LogP contribution in [-0.2, 0) is 30.7 Å². The van der Waals surface area contributed by atoms with E-state index in [2.05, 4.69) is 4.98 Å². The molecule has 39 heavy (non-hydrogen) atoms. The number of aromatic nitrogens is 3. The first-order valence-corrected chi connectivity index (χ1v) is 12.8. The van der Waals surface area contributed by atoms with E-state index in [1.165, 1.54) is 7.11 Å². The highest BCUT2D eigenvalue weighted by molar-refractivity contribution is 5.93. The lowest BCUT2D eigenvalue weighted by atomic mass is 10.0. The number of carbonyl (C=O) groups is 1. The maximum absolute atomic E-state index is 14.2. The summed E-state index contributed by atoms with van der Waals surface area (Å²) in [5, 5.41) is 0. The fourth-order valence-electron chi connectivity index (χ4n) is 5.09. The van der Waals surface area contributed by atoms with Gasteiger partial charge in [-0.1, -0.05) is 30.3 Å². The first kappa shape index (κ1) is 26.1. The number of benzene rings is 2. The molecular formula is C30H31N3O6. The summed E-state index contributed by atoms with van der Waals surface area (Å²) in [6, 6.07) is 15.0. The molecule has 0 radical (unpaired) electrons. The molecule has 0 spiro atoms. The van der Waals surface area contributed by atoms with Crippen molar-refractivity contribution in [2.75, 3.05) is 21.3 Å². The maximum Gasteiger partial charge on any atom is 0.347 e. The maximum atomic E-state index is 14.2. The van der Waals surface area contributed by atoms with E-state index in [0.29, 0.717) is 29.3 Å². The Morgan fingerprint density at radius 1 is 1.05 bits per heavy atom. The van der Waals surface area contributed by atoms with Gasteiger partial charge in [-0.15, -0.1) is 0 Å². The van der Waals surface area contributed by atoms with Crippen LogP contribution in [0.4, 0.5) is 0 Å². The minimum absolute atomic E-state index is 0.129. The molecule has 9 heteroatoms. The van der Waals surface area contributed by atoms with Gasteiger partial charge < -0.3 is 28.5 Å². The van der Waals surface area contributed by atoms with Gasteiger partial charge in [0.25, 0.3) is 5.56 Å². The summed E-state index contributed by atoms with van der Waals surface area (Å²) in [5.41, 5.74) is 4.03. The van der Waals surface area contributed by atoms with Crippen LogP contribution in [0.1, 0.15) is 45.0 Å². The summed E-state index contributed by atoms with van der Waals surface area (Å²) in [6.45, 7) is 2.22. The second kappa shape index (κ2) is 11.1. The largest absolute Gasteiger partial charge is 0.497 e. The summed E-state index contributed by atoms with van der Waals surface area (Å²) in [5.74, 6) is 1.44. The number of hydrogen-bond acceptors (Lipinski definition) is 7. The number of pyridine rings is 1. The monoisotopic (exact) mass is 529 g/mol. The Kier molecular flexibility index (Phi) is 7.40. The fraction of sp³-hybridized carbons (Fsp3) is 0.300. The second-order valence-electron chi connectivity index (χ2n) is 9.37. The number of esters is 1. The van der Waals surface area contributed by atoms with E-state index in [-0.39, 0.29) is 24.5 Å². The summed E-state index contributed by atoms with van der Waals surface area (Å²) in [7, 11) is 4.41. The summed E-state index contributed by atoms with van der Waals surface area (Å²) in [4.78, 5) is 35.5. The van der Waals surface area contributed by atoms with Crippen molar-refractivity contribution >= 4 is 5.97 Å². The lowest BCUT2D eigenvalue weighted by Gasteiger charge is -2.22. The molecule has 0 aliphatic heterocycles. The molecule has 1 aliphatic carbocycles. The lowest BCUT2D eigenvalue weighted by Crippen LogP contribution is -2.31. The number of methoxy groups -OCH3 is 3. The van der Waals surface area contributed by atoms with E-state index in [9.17, 15) is 9.59 Å². The van der Waals surface area contributed by atoms with Crippen molar-refractivity contribution in [1.82, 2.24) is 14.5 Å². The van der Waals surface area contributed by atoms with Gasteiger partial charge in [0.05, 0.1) is 33.6 Å². The van der Waals surface area contributed by atoms with Crippen LogP contribution in [0.3, 0.4) is 0 Å². The normalized spacial score (nSPS) is 12.2. The topological polar surface area (TPSA) is 105 Å². The molecule has 0 atom stereocenters. The first-order valence-electron chi connectivity index (χ1n) is 12.8. The van der Waals surface area contributed by atoms with Gasteiger partial charge >= 0.3 is 5.97 Å². The van der Waals surface area contributed by atoms with Crippen LogP contribution in [0.25, 0.3) is 11.4 Å². The SMILES string of the molecule is COC(=O)c1c(OCc2ccccc2)c2c(n(Cc3ccc(OC)cc3OC)c1=O)-c1nc(C)[nH]c1CCC2. The second-order valence-corrected chi connectivity index (χ2v) is 9.37. The molecule has 2 heterocycles. The highest BCUT2D eigenvalue weighted by atomic mass is 16.5. The number of rotatable bonds is 8. The number of fused-ring (bicyclic) bond motifs is 3. The van der Waals surface area contributed by atoms with Crippen LogP contribution in [0.15, 0.2) is 53.3 Å². The van der Waals surface area contributed by atoms with Crippen LogP contribution >= 0.6 is 0 Å². The molecule has 0 bridgehead atoms. The number of aryl methyl sites for hydroxylation is 2. The molecule has 9 nitrogen and oxygen atoms in total. The smallest absolute Gasteiger partial charge is 0.347 e. The van der Waals surface area contributed by atoms with Crippen molar-refractivity contribution in [3.63, 3.8) is 0 Å². The fourth-order valence-corrected chi connectivity index (χ4v) is 5.09. The average molecular weight is 530 g/mol. The average Bonchev–Trinajstić information content (AvgIpc) is 3.24. The Morgan fingerprint density at radius 2 is 1.85 bits per heavy atom. The zero-order valence-corrected chi connectivity index (χ0v) is 22.5. The van der Waals surface area contributed by atoms with Gasteiger partial charge in [0.2, 0.25) is 0 Å². The summed E-state index contributed by atoms with van der Waals surface area (Å²) < 4.78 is 23.9. The highest BCUT2D eigenvalue weighted by Gasteiger charge is 2.32. The quantitative estimate of drug-likeness (QED) is 0.336. The van der Waals surface area contributed by atoms with E-state index in [0.717, 1.165) is 41.1 Å². The van der Waals surface area contributed by atoms with Gasteiger partial charge in [0.1, 0.15) is 35.4 Å². The Morgan fingerprint density at radius 3 is 2.56 bits per heavy atom. The summed E-state index contributed by atoms with van der Waals surface area (Å²) in [6.07, 6.45) is 2.12. The van der Waals surface area contributed by atoms with E-state index in [1.54, 1.807) is 24.9 Å². The van der Waals surface area contributed by atoms with Gasteiger partial charge in [-0.2, -0.15) is 0 Å². The summed E-state index contributed by atoms with van der Waals surface area (Å²) >= 11 is 0. The molecule has 0 fully saturated rings. The zero-order valence-electron chi connectivity index (χ0n) is 22.5. The number of hydrogen-bond donors (Lipinski definition) is 1. The molecule has 0 saturated carbocycles. The standard InChI is InChI=1S/C30H31N3O6/c1-18-31-23-12-8-11-22-27(26(23)32-18)33(16-20-13-14-21(36-2)15-24(20)37-3)29(34)25(30(35)38-4)28(22)39-17-19-9-6-5-7-10-19/h5-7,9-10,13-15H,8,11-12,16-17H2,1-4H3,(H,31,32).